The van der Waals surface area contributed by atoms with Gasteiger partial charge < -0.3 is 5.32 Å². The molecular formula is C6H11NO2S. The Kier molecular flexibility index (Phi) is 5.02. The zero-order valence-electron chi connectivity index (χ0n) is 5.89. The average Bonchev–Trinajstić information content (AvgIpc) is 1.79. The summed E-state index contributed by atoms with van der Waals surface area (Å²) >= 11 is 3.57. The number of hydrogen-bond acceptors (Lipinski definition) is 2. The molecule has 0 aliphatic rings. The normalized spacial score (nSPS) is 9.00. The van der Waals surface area contributed by atoms with Gasteiger partial charge in [0.25, 0.3) is 0 Å². The first-order valence-electron chi connectivity index (χ1n) is 3.09. The fraction of sp³-hybridized carbons (Fsp3) is 0.667. The Morgan fingerprint density at radius 2 is 2.10 bits per heavy atom. The molecule has 0 heterocycles. The van der Waals surface area contributed by atoms with Crippen LogP contribution in [0.5, 0.6) is 0 Å². The summed E-state index contributed by atoms with van der Waals surface area (Å²) in [4.78, 5) is 20.5. The summed E-state index contributed by atoms with van der Waals surface area (Å²) in [7, 11) is 0. The highest BCUT2D eigenvalue weighted by Gasteiger charge is 1.94. The zero-order chi connectivity index (χ0) is 7.98. The van der Waals surface area contributed by atoms with Gasteiger partial charge >= 0.3 is 0 Å². The van der Waals surface area contributed by atoms with Gasteiger partial charge in [-0.05, 0) is 6.42 Å². The van der Waals surface area contributed by atoms with E-state index in [0.29, 0.717) is 19.4 Å². The molecule has 0 aromatic heterocycles. The van der Waals surface area contributed by atoms with Gasteiger partial charge in [0, 0.05) is 19.9 Å². The maximum absolute atomic E-state index is 10.3. The predicted molar refractivity (Wildman–Crippen MR) is 41.9 cm³/mol. The fourth-order valence-electron chi connectivity index (χ4n) is 0.504. The quantitative estimate of drug-likeness (QED) is 0.462. The first kappa shape index (κ1) is 9.49. The predicted octanol–water partition coefficient (Wildman–Crippen LogP) is 0.359. The van der Waals surface area contributed by atoms with Gasteiger partial charge in [0.05, 0.1) is 0 Å². The molecule has 0 rings (SSSR count). The van der Waals surface area contributed by atoms with Crippen molar-refractivity contribution < 1.29 is 9.59 Å². The molecule has 0 saturated carbocycles. The SMILES string of the molecule is CC(=O)NCCCC(=O)S. The van der Waals surface area contributed by atoms with Gasteiger partial charge in [-0.15, -0.1) is 12.6 Å². The third-order valence-electron chi connectivity index (χ3n) is 0.941. The fourth-order valence-corrected chi connectivity index (χ4v) is 0.662. The van der Waals surface area contributed by atoms with E-state index in [0.717, 1.165) is 0 Å². The van der Waals surface area contributed by atoms with Crippen molar-refractivity contribution in [2.75, 3.05) is 6.54 Å². The van der Waals surface area contributed by atoms with Crippen LogP contribution in [-0.2, 0) is 9.59 Å². The molecule has 0 saturated heterocycles. The number of carbonyl (C=O) groups is 2. The molecule has 10 heavy (non-hydrogen) atoms. The van der Waals surface area contributed by atoms with Gasteiger partial charge in [-0.1, -0.05) is 0 Å². The van der Waals surface area contributed by atoms with Crippen molar-refractivity contribution >= 4 is 23.7 Å². The molecule has 0 spiro atoms. The molecule has 0 aromatic carbocycles. The van der Waals surface area contributed by atoms with Gasteiger partial charge in [-0.25, -0.2) is 0 Å². The summed E-state index contributed by atoms with van der Waals surface area (Å²) in [5.41, 5.74) is 0. The molecule has 0 fully saturated rings. The van der Waals surface area contributed by atoms with E-state index in [2.05, 4.69) is 17.9 Å². The minimum atomic E-state index is -0.134. The molecule has 1 N–H and O–H groups in total. The van der Waals surface area contributed by atoms with Crippen molar-refractivity contribution in [1.82, 2.24) is 5.32 Å². The summed E-state index contributed by atoms with van der Waals surface area (Å²) in [6.07, 6.45) is 1.09. The summed E-state index contributed by atoms with van der Waals surface area (Å²) in [5.74, 6) is -0.0633. The highest BCUT2D eigenvalue weighted by atomic mass is 32.1. The number of amides is 1. The van der Waals surface area contributed by atoms with E-state index < -0.39 is 0 Å². The zero-order valence-corrected chi connectivity index (χ0v) is 6.78. The molecule has 0 bridgehead atoms. The van der Waals surface area contributed by atoms with Crippen LogP contribution in [-0.4, -0.2) is 17.6 Å². The van der Waals surface area contributed by atoms with Gasteiger partial charge in [0.15, 0.2) is 5.12 Å². The third-order valence-corrected chi connectivity index (χ3v) is 1.16. The smallest absolute Gasteiger partial charge is 0.216 e. The van der Waals surface area contributed by atoms with Gasteiger partial charge in [0.1, 0.15) is 0 Å². The second-order valence-electron chi connectivity index (χ2n) is 1.98. The molecule has 0 aliphatic carbocycles. The van der Waals surface area contributed by atoms with Crippen LogP contribution < -0.4 is 5.32 Å². The van der Waals surface area contributed by atoms with Crippen molar-refractivity contribution in [2.24, 2.45) is 0 Å². The molecule has 58 valence electrons. The van der Waals surface area contributed by atoms with Crippen LogP contribution in [0.1, 0.15) is 19.8 Å². The molecular weight excluding hydrogens is 150 g/mol. The van der Waals surface area contributed by atoms with E-state index >= 15 is 0 Å². The number of hydrogen-bond donors (Lipinski definition) is 2. The Hall–Kier alpha value is -0.510. The van der Waals surface area contributed by atoms with Crippen LogP contribution in [0.2, 0.25) is 0 Å². The molecule has 0 aromatic rings. The maximum atomic E-state index is 10.3. The highest BCUT2D eigenvalue weighted by molar-refractivity contribution is 7.96. The molecule has 4 heteroatoms. The lowest BCUT2D eigenvalue weighted by Crippen LogP contribution is -2.21. The number of carbonyl (C=O) groups excluding carboxylic acids is 2. The van der Waals surface area contributed by atoms with Crippen molar-refractivity contribution in [1.29, 1.82) is 0 Å². The van der Waals surface area contributed by atoms with Crippen molar-refractivity contribution in [3.63, 3.8) is 0 Å². The monoisotopic (exact) mass is 161 g/mol. The number of nitrogens with one attached hydrogen (secondary N) is 1. The van der Waals surface area contributed by atoms with Crippen molar-refractivity contribution in [3.05, 3.63) is 0 Å². The Balaban J connectivity index is 3.06. The summed E-state index contributed by atoms with van der Waals surface area (Å²) < 4.78 is 0. The number of rotatable bonds is 4. The first-order valence-corrected chi connectivity index (χ1v) is 3.54. The average molecular weight is 161 g/mol. The van der Waals surface area contributed by atoms with Crippen LogP contribution >= 0.6 is 12.6 Å². The molecule has 1 amide bonds. The summed E-state index contributed by atoms with van der Waals surface area (Å²) in [5, 5.41) is 2.44. The highest BCUT2D eigenvalue weighted by Crippen LogP contribution is 1.91. The minimum Gasteiger partial charge on any atom is -0.356 e. The lowest BCUT2D eigenvalue weighted by atomic mass is 10.3. The van der Waals surface area contributed by atoms with E-state index in [-0.39, 0.29) is 11.0 Å². The van der Waals surface area contributed by atoms with Gasteiger partial charge in [-0.3, -0.25) is 9.59 Å². The van der Waals surface area contributed by atoms with Crippen molar-refractivity contribution in [3.8, 4) is 0 Å². The second-order valence-corrected chi connectivity index (χ2v) is 2.48. The van der Waals surface area contributed by atoms with Crippen molar-refractivity contribution in [2.45, 2.75) is 19.8 Å². The molecule has 0 radical (unpaired) electrons. The van der Waals surface area contributed by atoms with Gasteiger partial charge in [0.2, 0.25) is 5.91 Å². The lowest BCUT2D eigenvalue weighted by molar-refractivity contribution is -0.119. The number of thiol groups is 1. The third kappa shape index (κ3) is 7.49. The Morgan fingerprint density at radius 1 is 1.50 bits per heavy atom. The Morgan fingerprint density at radius 3 is 2.50 bits per heavy atom. The van der Waals surface area contributed by atoms with Crippen LogP contribution in [0.15, 0.2) is 0 Å². The molecule has 0 atom stereocenters. The molecule has 0 unspecified atom stereocenters. The first-order chi connectivity index (χ1) is 4.63. The summed E-state index contributed by atoms with van der Waals surface area (Å²) in [6, 6.07) is 0. The topological polar surface area (TPSA) is 46.2 Å². The van der Waals surface area contributed by atoms with Crippen LogP contribution in [0.4, 0.5) is 0 Å². The van der Waals surface area contributed by atoms with E-state index in [9.17, 15) is 9.59 Å². The van der Waals surface area contributed by atoms with Crippen LogP contribution in [0, 0.1) is 0 Å². The standard InChI is InChI=1S/C6H11NO2S/c1-5(8)7-4-2-3-6(9)10/h2-4H2,1H3,(H,7,8)(H,9,10). The second kappa shape index (κ2) is 5.29. The van der Waals surface area contributed by atoms with E-state index in [1.165, 1.54) is 6.92 Å². The van der Waals surface area contributed by atoms with E-state index in [4.69, 9.17) is 0 Å². The van der Waals surface area contributed by atoms with E-state index in [1.807, 2.05) is 0 Å². The molecule has 0 aliphatic heterocycles. The van der Waals surface area contributed by atoms with Crippen LogP contribution in [0.25, 0.3) is 0 Å². The largest absolute Gasteiger partial charge is 0.356 e. The van der Waals surface area contributed by atoms with Crippen LogP contribution in [0.3, 0.4) is 0 Å². The molecule has 3 nitrogen and oxygen atoms in total. The summed E-state index contributed by atoms with van der Waals surface area (Å²) in [6.45, 7) is 2.00. The Bertz CT molecular complexity index is 120. The van der Waals surface area contributed by atoms with Gasteiger partial charge in [-0.2, -0.15) is 0 Å². The Labute approximate surface area is 65.6 Å². The minimum absolute atomic E-state index is 0.0633. The maximum Gasteiger partial charge on any atom is 0.216 e. The van der Waals surface area contributed by atoms with E-state index in [1.54, 1.807) is 0 Å². The lowest BCUT2D eigenvalue weighted by Gasteiger charge is -1.97.